The molecular weight excluding hydrogens is 558 g/mol. The van der Waals surface area contributed by atoms with Gasteiger partial charge in [0.15, 0.2) is 5.78 Å². The van der Waals surface area contributed by atoms with Gasteiger partial charge >= 0.3 is 0 Å². The maximum Gasteiger partial charge on any atom is 0.269 e. The van der Waals surface area contributed by atoms with Gasteiger partial charge in [0.2, 0.25) is 11.8 Å². The minimum Gasteiger partial charge on any atom is -0.351 e. The average Bonchev–Trinajstić information content (AvgIpc) is 3.39. The molecule has 1 aliphatic heterocycles. The predicted molar refractivity (Wildman–Crippen MR) is 154 cm³/mol. The highest BCUT2D eigenvalue weighted by atomic mass is 32.2. The topological polar surface area (TPSA) is 139 Å². The van der Waals surface area contributed by atoms with Crippen LogP contribution in [0, 0.1) is 6.92 Å². The molecule has 1 saturated carbocycles. The van der Waals surface area contributed by atoms with Crippen molar-refractivity contribution in [3.8, 4) is 0 Å². The molecule has 0 saturated heterocycles. The number of benzene rings is 2. The molecule has 0 bridgehead atoms. The molecule has 5 rings (SSSR count). The molecule has 1 fully saturated rings. The van der Waals surface area contributed by atoms with E-state index in [1.807, 2.05) is 0 Å². The molecular formula is C30H33N5O6S. The van der Waals surface area contributed by atoms with Crippen molar-refractivity contribution in [2.75, 3.05) is 11.4 Å². The van der Waals surface area contributed by atoms with Crippen molar-refractivity contribution < 1.29 is 27.6 Å². The van der Waals surface area contributed by atoms with E-state index in [0.29, 0.717) is 21.1 Å². The lowest BCUT2D eigenvalue weighted by atomic mass is 9.94. The van der Waals surface area contributed by atoms with E-state index in [1.54, 1.807) is 44.4 Å². The molecule has 1 aliphatic carbocycles. The molecule has 11 nitrogen and oxygen atoms in total. The quantitative estimate of drug-likeness (QED) is 0.397. The van der Waals surface area contributed by atoms with Crippen LogP contribution in [-0.4, -0.2) is 58.6 Å². The number of amides is 3. The van der Waals surface area contributed by atoms with Crippen LogP contribution in [0.2, 0.25) is 0 Å². The molecule has 2 aliphatic rings. The molecule has 12 heteroatoms. The van der Waals surface area contributed by atoms with Crippen molar-refractivity contribution in [3.05, 3.63) is 77.1 Å². The first kappa shape index (κ1) is 29.2. The van der Waals surface area contributed by atoms with Crippen molar-refractivity contribution in [1.82, 2.24) is 19.4 Å². The van der Waals surface area contributed by atoms with Crippen LogP contribution >= 0.6 is 0 Å². The zero-order chi connectivity index (χ0) is 30.2. The van der Waals surface area contributed by atoms with Crippen LogP contribution in [0.5, 0.6) is 0 Å². The highest BCUT2D eigenvalue weighted by Crippen LogP contribution is 2.34. The van der Waals surface area contributed by atoms with Gasteiger partial charge in [0.1, 0.15) is 17.5 Å². The Morgan fingerprint density at radius 2 is 1.79 bits per heavy atom. The number of fused-ring (bicyclic) bond motifs is 1. The molecule has 2 heterocycles. The summed E-state index contributed by atoms with van der Waals surface area (Å²) in [4.78, 5) is 54.9. The molecule has 1 aromatic heterocycles. The Morgan fingerprint density at radius 3 is 2.43 bits per heavy atom. The number of hydrogen-bond donors (Lipinski definition) is 1. The lowest BCUT2D eigenvalue weighted by molar-refractivity contribution is -0.127. The number of hydrogen-bond acceptors (Lipinski definition) is 7. The molecule has 1 unspecified atom stereocenters. The van der Waals surface area contributed by atoms with Gasteiger partial charge in [0.25, 0.3) is 15.9 Å². The van der Waals surface area contributed by atoms with Gasteiger partial charge in [-0.3, -0.25) is 28.8 Å². The second kappa shape index (κ2) is 11.5. The van der Waals surface area contributed by atoms with Crippen LogP contribution in [0.3, 0.4) is 0 Å². The van der Waals surface area contributed by atoms with E-state index in [2.05, 4.69) is 10.4 Å². The zero-order valence-corrected chi connectivity index (χ0v) is 24.6. The van der Waals surface area contributed by atoms with Crippen molar-refractivity contribution in [2.24, 2.45) is 7.05 Å². The minimum absolute atomic E-state index is 0.0230. The average molecular weight is 592 g/mol. The number of nitrogens with one attached hydrogen (secondary N) is 1. The summed E-state index contributed by atoms with van der Waals surface area (Å²) in [5, 5.41) is 7.49. The Morgan fingerprint density at radius 1 is 1.07 bits per heavy atom. The Bertz CT molecular complexity index is 1670. The Hall–Kier alpha value is -4.32. The van der Waals surface area contributed by atoms with Crippen molar-refractivity contribution >= 4 is 39.2 Å². The van der Waals surface area contributed by atoms with Gasteiger partial charge in [-0.25, -0.2) is 12.7 Å². The fourth-order valence-corrected chi connectivity index (χ4v) is 7.23. The number of carbonyl (C=O) groups is 4. The van der Waals surface area contributed by atoms with E-state index in [4.69, 9.17) is 0 Å². The van der Waals surface area contributed by atoms with E-state index in [-0.39, 0.29) is 28.0 Å². The number of carbonyl (C=O) groups excluding carboxylic acids is 4. The van der Waals surface area contributed by atoms with E-state index in [1.165, 1.54) is 40.8 Å². The monoisotopic (exact) mass is 591 g/mol. The first-order valence-corrected chi connectivity index (χ1v) is 15.3. The Balaban J connectivity index is 1.61. The fraction of sp³-hybridized carbons (Fsp3) is 0.367. The maximum atomic E-state index is 14.3. The normalized spacial score (nSPS) is 17.0. The maximum absolute atomic E-state index is 14.3. The second-order valence-corrected chi connectivity index (χ2v) is 12.6. The largest absolute Gasteiger partial charge is 0.351 e. The summed E-state index contributed by atoms with van der Waals surface area (Å²) in [6.45, 7) is 2.26. The summed E-state index contributed by atoms with van der Waals surface area (Å²) in [5.74, 6) is -2.35. The number of aryl methyl sites for hydroxylation is 2. The van der Waals surface area contributed by atoms with Crippen LogP contribution in [0.25, 0.3) is 0 Å². The minimum atomic E-state index is -4.30. The third-order valence-corrected chi connectivity index (χ3v) is 9.58. The predicted octanol–water partition coefficient (Wildman–Crippen LogP) is 3.30. The molecule has 3 aromatic rings. The summed E-state index contributed by atoms with van der Waals surface area (Å²) in [6, 6.07) is 10.7. The smallest absolute Gasteiger partial charge is 0.269 e. The van der Waals surface area contributed by atoms with Crippen molar-refractivity contribution in [3.63, 3.8) is 0 Å². The third kappa shape index (κ3) is 5.46. The zero-order valence-electron chi connectivity index (χ0n) is 23.7. The first-order valence-electron chi connectivity index (χ1n) is 13.9. The van der Waals surface area contributed by atoms with Crippen LogP contribution in [0.1, 0.15) is 77.0 Å². The summed E-state index contributed by atoms with van der Waals surface area (Å²) in [6.07, 6.45) is 6.28. The molecule has 42 heavy (non-hydrogen) atoms. The van der Waals surface area contributed by atoms with Crippen molar-refractivity contribution in [2.45, 2.75) is 62.9 Å². The molecule has 1 atom stereocenters. The molecule has 1 N–H and O–H groups in total. The van der Waals surface area contributed by atoms with Gasteiger partial charge in [0, 0.05) is 36.1 Å². The number of aromatic nitrogens is 2. The van der Waals surface area contributed by atoms with E-state index >= 15 is 0 Å². The number of anilines is 1. The van der Waals surface area contributed by atoms with E-state index < -0.39 is 40.3 Å². The lowest BCUT2D eigenvalue weighted by Crippen LogP contribution is -2.50. The highest BCUT2D eigenvalue weighted by Gasteiger charge is 2.44. The molecule has 0 spiro atoms. The SMILES string of the molecule is CC(=O)c1cccc(N(C(=O)CN2C(=O)c3ccccc3S2(=O)=O)C(C(=O)NC2CCCCC2)c2cn(C)nc2C)c1. The van der Waals surface area contributed by atoms with Crippen LogP contribution in [0.15, 0.2) is 59.6 Å². The highest BCUT2D eigenvalue weighted by molar-refractivity contribution is 7.90. The Labute approximate surface area is 244 Å². The number of ketones is 1. The van der Waals surface area contributed by atoms with Crippen LogP contribution in [-0.2, 0) is 26.7 Å². The van der Waals surface area contributed by atoms with Crippen LogP contribution in [0.4, 0.5) is 5.69 Å². The summed E-state index contributed by atoms with van der Waals surface area (Å²) < 4.78 is 28.7. The van der Waals surface area contributed by atoms with Gasteiger partial charge in [-0.05, 0) is 51.0 Å². The van der Waals surface area contributed by atoms with E-state index in [9.17, 15) is 27.6 Å². The van der Waals surface area contributed by atoms with Crippen molar-refractivity contribution in [1.29, 1.82) is 0 Å². The summed E-state index contributed by atoms with van der Waals surface area (Å²) >= 11 is 0. The lowest BCUT2D eigenvalue weighted by Gasteiger charge is -2.34. The number of rotatable bonds is 8. The van der Waals surface area contributed by atoms with Crippen LogP contribution < -0.4 is 10.2 Å². The van der Waals surface area contributed by atoms with Gasteiger partial charge < -0.3 is 5.32 Å². The van der Waals surface area contributed by atoms with Gasteiger partial charge in [-0.15, -0.1) is 0 Å². The molecule has 220 valence electrons. The van der Waals surface area contributed by atoms with Gasteiger partial charge in [-0.2, -0.15) is 5.10 Å². The molecule has 3 amide bonds. The number of nitrogens with zero attached hydrogens (tertiary/aromatic N) is 4. The first-order chi connectivity index (χ1) is 20.0. The number of Topliss-reactive ketones (excluding diaryl/α,β-unsaturated/α-hetero) is 1. The Kier molecular flexibility index (Phi) is 8.00. The van der Waals surface area contributed by atoms with Gasteiger partial charge in [-0.1, -0.05) is 43.5 Å². The second-order valence-electron chi connectivity index (χ2n) is 10.8. The van der Waals surface area contributed by atoms with E-state index in [0.717, 1.165) is 32.1 Å². The fourth-order valence-electron chi connectivity index (χ4n) is 5.71. The molecule has 0 radical (unpaired) electrons. The third-order valence-electron chi connectivity index (χ3n) is 7.79. The number of sulfonamides is 1. The molecule has 2 aromatic carbocycles. The van der Waals surface area contributed by atoms with Gasteiger partial charge in [0.05, 0.1) is 11.3 Å². The summed E-state index contributed by atoms with van der Waals surface area (Å²) in [5.41, 5.74) is 1.42. The summed E-state index contributed by atoms with van der Waals surface area (Å²) in [7, 11) is -2.60. The standard InChI is InChI=1S/C30H33N5O6S/c1-19-25(17-33(3)32-19)28(29(38)31-22-11-5-4-6-12-22)35(23-13-9-10-21(16-23)20(2)36)27(37)18-34-30(39)24-14-7-8-15-26(24)42(34,40)41/h7-10,13-17,22,28H,4-6,11-12,18H2,1-3H3,(H,31,38).